The van der Waals surface area contributed by atoms with Crippen LogP contribution >= 0.6 is 0 Å². The Balaban J connectivity index is 1.70. The summed E-state index contributed by atoms with van der Waals surface area (Å²) in [7, 11) is 1.54. The van der Waals surface area contributed by atoms with Gasteiger partial charge in [0.2, 0.25) is 30.0 Å². The molecule has 12 nitrogen and oxygen atoms in total. The van der Waals surface area contributed by atoms with Gasteiger partial charge in [-0.3, -0.25) is 24.0 Å². The Bertz CT molecular complexity index is 1440. The molecule has 5 amide bonds. The molecule has 2 aliphatic rings. The summed E-state index contributed by atoms with van der Waals surface area (Å²) in [4.78, 5) is 67.5. The summed E-state index contributed by atoms with van der Waals surface area (Å²) in [5, 5.41) is 11.0. The largest absolute Gasteiger partial charge is 0.496 e. The molecule has 0 radical (unpaired) electrons. The maximum atomic E-state index is 14.2. The summed E-state index contributed by atoms with van der Waals surface area (Å²) in [5.41, 5.74) is 1.48. The average Bonchev–Trinajstić information content (AvgIpc) is 3.45. The van der Waals surface area contributed by atoms with E-state index in [1.807, 2.05) is 30.3 Å². The molecule has 2 aromatic carbocycles. The predicted molar refractivity (Wildman–Crippen MR) is 171 cm³/mol. The summed E-state index contributed by atoms with van der Waals surface area (Å²) in [6.45, 7) is 7.34. The zero-order chi connectivity index (χ0) is 33.4. The van der Waals surface area contributed by atoms with Crippen molar-refractivity contribution in [3.8, 4) is 11.5 Å². The number of carbonyl (C=O) groups is 5. The van der Waals surface area contributed by atoms with E-state index in [0.29, 0.717) is 29.9 Å². The van der Waals surface area contributed by atoms with Crippen molar-refractivity contribution in [2.45, 2.75) is 70.8 Å². The van der Waals surface area contributed by atoms with Crippen molar-refractivity contribution < 1.29 is 33.4 Å². The molecular weight excluding hydrogens is 590 g/mol. The molecule has 46 heavy (non-hydrogen) atoms. The molecule has 1 fully saturated rings. The van der Waals surface area contributed by atoms with E-state index in [2.05, 4.69) is 21.3 Å². The van der Waals surface area contributed by atoms with Gasteiger partial charge in [-0.1, -0.05) is 58.0 Å². The Kier molecular flexibility index (Phi) is 11.4. The van der Waals surface area contributed by atoms with Crippen molar-refractivity contribution in [1.29, 1.82) is 0 Å². The lowest BCUT2D eigenvalue weighted by atomic mass is 9.99. The molecule has 2 heterocycles. The first-order chi connectivity index (χ1) is 22.0. The fourth-order valence-electron chi connectivity index (χ4n) is 5.75. The number of ether oxygens (including phenoxy) is 2. The smallest absolute Gasteiger partial charge is 0.247 e. The third-order valence-corrected chi connectivity index (χ3v) is 8.21. The summed E-state index contributed by atoms with van der Waals surface area (Å²) in [6, 6.07) is 10.6. The van der Waals surface area contributed by atoms with Crippen LogP contribution in [0.4, 0.5) is 0 Å². The van der Waals surface area contributed by atoms with Crippen LogP contribution in [0.3, 0.4) is 0 Å². The van der Waals surface area contributed by atoms with Gasteiger partial charge in [0.15, 0.2) is 0 Å². The highest BCUT2D eigenvalue weighted by molar-refractivity contribution is 5.96. The quantitative estimate of drug-likeness (QED) is 0.291. The Labute approximate surface area is 269 Å². The van der Waals surface area contributed by atoms with E-state index in [1.54, 1.807) is 52.0 Å². The van der Waals surface area contributed by atoms with Crippen LogP contribution in [-0.4, -0.2) is 78.9 Å². The highest BCUT2D eigenvalue weighted by Gasteiger charge is 2.47. The molecule has 0 spiro atoms. The van der Waals surface area contributed by atoms with Crippen molar-refractivity contribution in [3.63, 3.8) is 0 Å². The second-order valence-electron chi connectivity index (χ2n) is 12.2. The first-order valence-corrected chi connectivity index (χ1v) is 15.5. The lowest BCUT2D eigenvalue weighted by Gasteiger charge is -2.33. The maximum Gasteiger partial charge on any atom is 0.247 e. The van der Waals surface area contributed by atoms with E-state index in [0.717, 1.165) is 5.56 Å². The van der Waals surface area contributed by atoms with Crippen molar-refractivity contribution >= 4 is 36.1 Å². The zero-order valence-electron chi connectivity index (χ0n) is 26.8. The van der Waals surface area contributed by atoms with E-state index in [-0.39, 0.29) is 24.8 Å². The molecule has 4 rings (SSSR count). The fourth-order valence-corrected chi connectivity index (χ4v) is 5.75. The number of nitrogens with one attached hydrogen (secondary N) is 4. The van der Waals surface area contributed by atoms with Gasteiger partial charge in [-0.15, -0.1) is 0 Å². The van der Waals surface area contributed by atoms with Crippen LogP contribution in [0.2, 0.25) is 0 Å². The Morgan fingerprint density at radius 3 is 2.41 bits per heavy atom. The third kappa shape index (κ3) is 8.04. The Morgan fingerprint density at radius 2 is 1.76 bits per heavy atom. The number of nitrogens with zero attached hydrogens (tertiary/aromatic N) is 1. The minimum Gasteiger partial charge on any atom is -0.496 e. The molecule has 2 bridgehead atoms. The summed E-state index contributed by atoms with van der Waals surface area (Å²) in [6.07, 6.45) is 3.42. The van der Waals surface area contributed by atoms with Gasteiger partial charge in [-0.25, -0.2) is 0 Å². The molecule has 12 heteroatoms. The van der Waals surface area contributed by atoms with Crippen LogP contribution in [0.25, 0.3) is 6.08 Å². The lowest BCUT2D eigenvalue weighted by molar-refractivity contribution is -0.144. The number of fused-ring (bicyclic) bond motifs is 3. The monoisotopic (exact) mass is 633 g/mol. The number of methoxy groups -OCH3 is 1. The minimum absolute atomic E-state index is 0.180. The Hall–Kier alpha value is -4.87. The van der Waals surface area contributed by atoms with Crippen LogP contribution < -0.4 is 30.7 Å². The topological polar surface area (TPSA) is 155 Å². The first kappa shape index (κ1) is 34.0. The van der Waals surface area contributed by atoms with E-state index in [4.69, 9.17) is 9.47 Å². The minimum atomic E-state index is -1.11. The number of hydrogen-bond acceptors (Lipinski definition) is 7. The van der Waals surface area contributed by atoms with Gasteiger partial charge in [-0.2, -0.15) is 0 Å². The summed E-state index contributed by atoms with van der Waals surface area (Å²) < 4.78 is 11.8. The van der Waals surface area contributed by atoms with Gasteiger partial charge < -0.3 is 35.6 Å². The molecule has 2 aromatic rings. The van der Waals surface area contributed by atoms with Gasteiger partial charge >= 0.3 is 0 Å². The van der Waals surface area contributed by atoms with E-state index < -0.39 is 53.9 Å². The van der Waals surface area contributed by atoms with E-state index in [9.17, 15) is 24.0 Å². The molecule has 0 unspecified atom stereocenters. The number of likely N-dealkylation sites (tertiary alicyclic amines) is 1. The van der Waals surface area contributed by atoms with Gasteiger partial charge in [0, 0.05) is 31.1 Å². The predicted octanol–water partition coefficient (Wildman–Crippen LogP) is 1.78. The number of amides is 5. The number of hydrogen-bond donors (Lipinski definition) is 4. The molecule has 4 N–H and O–H groups in total. The van der Waals surface area contributed by atoms with Crippen LogP contribution in [0, 0.1) is 11.8 Å². The van der Waals surface area contributed by atoms with Gasteiger partial charge in [0.1, 0.15) is 41.8 Å². The van der Waals surface area contributed by atoms with E-state index >= 15 is 0 Å². The molecule has 0 aliphatic carbocycles. The number of carbonyl (C=O) groups excluding carboxylic acids is 5. The summed E-state index contributed by atoms with van der Waals surface area (Å²) >= 11 is 0. The van der Waals surface area contributed by atoms with Crippen LogP contribution in [0.1, 0.15) is 45.2 Å². The second kappa shape index (κ2) is 15.4. The van der Waals surface area contributed by atoms with Crippen LogP contribution in [0.15, 0.2) is 54.7 Å². The van der Waals surface area contributed by atoms with Crippen molar-refractivity contribution in [2.24, 2.45) is 11.8 Å². The molecule has 2 aliphatic heterocycles. The highest BCUT2D eigenvalue weighted by atomic mass is 16.5. The fraction of sp³-hybridized carbons (Fsp3) is 0.441. The van der Waals surface area contributed by atoms with Gasteiger partial charge in [0.05, 0.1) is 7.11 Å². The van der Waals surface area contributed by atoms with Gasteiger partial charge in [0.25, 0.3) is 0 Å². The second-order valence-corrected chi connectivity index (χ2v) is 12.2. The molecule has 0 saturated carbocycles. The molecular formula is C34H43N5O7. The number of benzene rings is 2. The average molecular weight is 634 g/mol. The van der Waals surface area contributed by atoms with Crippen LogP contribution in [0.5, 0.6) is 11.5 Å². The lowest BCUT2D eigenvalue weighted by Crippen LogP contribution is -2.61. The highest BCUT2D eigenvalue weighted by Crippen LogP contribution is 2.30. The standard InChI is InChI=1S/C34H43N5O7/c1-20(2)28(36-19-40)32(42)38-29(21(3)4)34(44)39-16-14-27-30(39)33(43)37-25(17-22-9-7-6-8-10-22)31(41)35-15-13-23-18-24(46-27)11-12-26(23)45-5/h6-13,15,18-21,25,27-30H,14,16-17H2,1-5H3,(H,35,41)(H,36,40)(H,37,43)(H,38,42)/t25-,27-,28+,29+,30+/m0/s1. The molecule has 0 aromatic heterocycles. The van der Waals surface area contributed by atoms with Crippen LogP contribution in [-0.2, 0) is 30.4 Å². The molecule has 1 saturated heterocycles. The number of rotatable bonds is 10. The van der Waals surface area contributed by atoms with Crippen molar-refractivity contribution in [1.82, 2.24) is 26.2 Å². The van der Waals surface area contributed by atoms with E-state index in [1.165, 1.54) is 18.2 Å². The molecule has 5 atom stereocenters. The van der Waals surface area contributed by atoms with Gasteiger partial charge in [-0.05, 0) is 41.7 Å². The Morgan fingerprint density at radius 1 is 1.04 bits per heavy atom. The third-order valence-electron chi connectivity index (χ3n) is 8.21. The maximum absolute atomic E-state index is 14.2. The first-order valence-electron chi connectivity index (χ1n) is 15.5. The summed E-state index contributed by atoms with van der Waals surface area (Å²) in [5.74, 6) is -1.52. The zero-order valence-corrected chi connectivity index (χ0v) is 26.8. The van der Waals surface area contributed by atoms with Crippen molar-refractivity contribution in [3.05, 3.63) is 65.9 Å². The molecule has 246 valence electrons. The van der Waals surface area contributed by atoms with Crippen molar-refractivity contribution in [2.75, 3.05) is 13.7 Å². The normalized spacial score (nSPS) is 20.9. The SMILES string of the molecule is COc1ccc2cc1C=CNC(=O)[C@H](Cc1ccccc1)NC(=O)[C@H]1[C@H](CCN1C(=O)[C@H](NC(=O)[C@H](NC=O)C(C)C)C(C)C)O2.